The summed E-state index contributed by atoms with van der Waals surface area (Å²) in [4.78, 5) is 25.4. The van der Waals surface area contributed by atoms with Gasteiger partial charge in [0, 0.05) is 30.4 Å². The minimum Gasteiger partial charge on any atom is -0.322 e. The van der Waals surface area contributed by atoms with Crippen molar-refractivity contribution >= 4 is 29.3 Å². The molecule has 3 rings (SSSR count). The van der Waals surface area contributed by atoms with Gasteiger partial charge in [-0.1, -0.05) is 18.2 Å². The van der Waals surface area contributed by atoms with Crippen molar-refractivity contribution in [2.75, 3.05) is 16.8 Å². The second kappa shape index (κ2) is 7.30. The van der Waals surface area contributed by atoms with Gasteiger partial charge in [-0.2, -0.15) is 0 Å². The van der Waals surface area contributed by atoms with Gasteiger partial charge >= 0.3 is 0 Å². The third kappa shape index (κ3) is 4.12. The van der Waals surface area contributed by atoms with Gasteiger partial charge < -0.3 is 10.2 Å². The van der Waals surface area contributed by atoms with Gasteiger partial charge in [0.25, 0.3) is 0 Å². The first-order chi connectivity index (χ1) is 12.0. The Morgan fingerprint density at radius 3 is 2.60 bits per heavy atom. The molecule has 0 bridgehead atoms. The molecule has 128 valence electrons. The Bertz CT molecular complexity index is 828. The van der Waals surface area contributed by atoms with Crippen LogP contribution in [0, 0.1) is 12.7 Å². The lowest BCUT2D eigenvalue weighted by Crippen LogP contribution is -2.23. The Morgan fingerprint density at radius 1 is 1.20 bits per heavy atom. The lowest BCUT2D eigenvalue weighted by atomic mass is 10.2. The summed E-state index contributed by atoms with van der Waals surface area (Å²) in [5.41, 5.74) is 2.67. The predicted molar refractivity (Wildman–Crippen MR) is 96.8 cm³/mol. The number of nitrogens with zero attached hydrogens (tertiary/aromatic N) is 1. The quantitative estimate of drug-likeness (QED) is 0.859. The first-order valence-corrected chi connectivity index (χ1v) is 8.18. The van der Waals surface area contributed by atoms with Crippen LogP contribution in [0.3, 0.4) is 0 Å². The second-order valence-corrected chi connectivity index (χ2v) is 6.03. The van der Waals surface area contributed by atoms with E-state index in [0.717, 1.165) is 24.2 Å². The molecule has 2 aromatic rings. The summed E-state index contributed by atoms with van der Waals surface area (Å²) in [6.07, 6.45) is 4.56. The Labute approximate surface area is 146 Å². The molecule has 1 fully saturated rings. The van der Waals surface area contributed by atoms with E-state index < -0.39 is 0 Å². The van der Waals surface area contributed by atoms with Gasteiger partial charge in [0.05, 0.1) is 0 Å². The van der Waals surface area contributed by atoms with E-state index in [0.29, 0.717) is 17.7 Å². The summed E-state index contributed by atoms with van der Waals surface area (Å²) in [5.74, 6) is -0.538. The maximum absolute atomic E-state index is 13.5. The third-order valence-electron chi connectivity index (χ3n) is 4.14. The second-order valence-electron chi connectivity index (χ2n) is 6.03. The van der Waals surface area contributed by atoms with Gasteiger partial charge in [-0.15, -0.1) is 0 Å². The molecule has 5 heteroatoms. The monoisotopic (exact) mass is 338 g/mol. The largest absolute Gasteiger partial charge is 0.322 e. The molecule has 4 nitrogen and oxygen atoms in total. The molecular formula is C20H19FN2O2. The van der Waals surface area contributed by atoms with Crippen LogP contribution >= 0.6 is 0 Å². The number of anilines is 2. The van der Waals surface area contributed by atoms with E-state index in [4.69, 9.17) is 0 Å². The van der Waals surface area contributed by atoms with Crippen molar-refractivity contribution in [1.82, 2.24) is 0 Å². The fraction of sp³-hybridized carbons (Fsp3) is 0.200. The van der Waals surface area contributed by atoms with E-state index in [1.807, 2.05) is 24.3 Å². The fourth-order valence-electron chi connectivity index (χ4n) is 2.71. The molecule has 2 amide bonds. The molecular weight excluding hydrogens is 319 g/mol. The van der Waals surface area contributed by atoms with Crippen molar-refractivity contribution in [3.63, 3.8) is 0 Å². The number of carbonyl (C=O) groups is 2. The molecule has 1 aliphatic heterocycles. The predicted octanol–water partition coefficient (Wildman–Crippen LogP) is 3.91. The number of nitrogens with one attached hydrogen (secondary N) is 1. The van der Waals surface area contributed by atoms with Crippen molar-refractivity contribution in [3.05, 3.63) is 65.5 Å². The molecule has 0 saturated carbocycles. The standard InChI is InChI=1S/C20H19FN2O2/c1-14-4-8-16(13-18(14)21)22-19(24)11-7-15-5-9-17(10-6-15)23-12-2-3-20(23)25/h4-11,13H,2-3,12H2,1H3,(H,22,24)/b11-7-. The number of carbonyl (C=O) groups excluding carboxylic acids is 2. The van der Waals surface area contributed by atoms with Crippen molar-refractivity contribution < 1.29 is 14.0 Å². The van der Waals surface area contributed by atoms with Gasteiger partial charge in [0.15, 0.2) is 0 Å². The average molecular weight is 338 g/mol. The zero-order valence-corrected chi connectivity index (χ0v) is 14.0. The van der Waals surface area contributed by atoms with Crippen LogP contribution in [-0.4, -0.2) is 18.4 Å². The summed E-state index contributed by atoms with van der Waals surface area (Å²) in [6.45, 7) is 2.42. The summed E-state index contributed by atoms with van der Waals surface area (Å²) in [5, 5.41) is 2.62. The maximum Gasteiger partial charge on any atom is 0.248 e. The van der Waals surface area contributed by atoms with Crippen LogP contribution in [0.25, 0.3) is 6.08 Å². The summed E-state index contributed by atoms with van der Waals surface area (Å²) in [6, 6.07) is 12.0. The minimum atomic E-state index is -0.353. The summed E-state index contributed by atoms with van der Waals surface area (Å²) < 4.78 is 13.5. The first-order valence-electron chi connectivity index (χ1n) is 8.18. The zero-order chi connectivity index (χ0) is 17.8. The number of amides is 2. The highest BCUT2D eigenvalue weighted by atomic mass is 19.1. The van der Waals surface area contributed by atoms with Crippen LogP contribution in [0.15, 0.2) is 48.5 Å². The smallest absolute Gasteiger partial charge is 0.248 e. The Balaban J connectivity index is 1.62. The molecule has 1 N–H and O–H groups in total. The highest BCUT2D eigenvalue weighted by Gasteiger charge is 2.21. The number of hydrogen-bond acceptors (Lipinski definition) is 2. The van der Waals surface area contributed by atoms with Gasteiger partial charge in [-0.3, -0.25) is 9.59 Å². The van der Waals surface area contributed by atoms with Gasteiger partial charge in [-0.05, 0) is 54.8 Å². The van der Waals surface area contributed by atoms with Gasteiger partial charge in [-0.25, -0.2) is 4.39 Å². The molecule has 25 heavy (non-hydrogen) atoms. The first kappa shape index (κ1) is 16.9. The van der Waals surface area contributed by atoms with E-state index in [9.17, 15) is 14.0 Å². The van der Waals surface area contributed by atoms with Crippen LogP contribution in [-0.2, 0) is 9.59 Å². The van der Waals surface area contributed by atoms with Crippen molar-refractivity contribution in [2.45, 2.75) is 19.8 Å². The lowest BCUT2D eigenvalue weighted by Gasteiger charge is -2.15. The number of hydrogen-bond donors (Lipinski definition) is 1. The SMILES string of the molecule is Cc1ccc(NC(=O)/C=C\c2ccc(N3CCCC3=O)cc2)cc1F. The molecule has 0 aliphatic carbocycles. The van der Waals surface area contributed by atoms with Crippen LogP contribution in [0.2, 0.25) is 0 Å². The van der Waals surface area contributed by atoms with E-state index in [1.165, 1.54) is 12.1 Å². The third-order valence-corrected chi connectivity index (χ3v) is 4.14. The highest BCUT2D eigenvalue weighted by molar-refractivity contribution is 6.02. The zero-order valence-electron chi connectivity index (χ0n) is 14.0. The van der Waals surface area contributed by atoms with E-state index >= 15 is 0 Å². The van der Waals surface area contributed by atoms with Crippen LogP contribution in [0.4, 0.5) is 15.8 Å². The van der Waals surface area contributed by atoms with E-state index in [-0.39, 0.29) is 17.6 Å². The normalized spacial score (nSPS) is 14.3. The van der Waals surface area contributed by atoms with Gasteiger partial charge in [0.1, 0.15) is 5.82 Å². The molecule has 2 aromatic carbocycles. The molecule has 0 atom stereocenters. The topological polar surface area (TPSA) is 49.4 Å². The van der Waals surface area contributed by atoms with E-state index in [2.05, 4.69) is 5.32 Å². The number of halogens is 1. The summed E-state index contributed by atoms with van der Waals surface area (Å²) in [7, 11) is 0. The Hall–Kier alpha value is -2.95. The van der Waals surface area contributed by atoms with Crippen molar-refractivity contribution in [2.24, 2.45) is 0 Å². The molecule has 1 aliphatic rings. The number of aryl methyl sites for hydroxylation is 1. The maximum atomic E-state index is 13.5. The Kier molecular flexibility index (Phi) is 4.93. The fourth-order valence-corrected chi connectivity index (χ4v) is 2.71. The lowest BCUT2D eigenvalue weighted by molar-refractivity contribution is -0.117. The number of rotatable bonds is 4. The number of benzene rings is 2. The van der Waals surface area contributed by atoms with Crippen molar-refractivity contribution in [1.29, 1.82) is 0 Å². The molecule has 1 saturated heterocycles. The van der Waals surface area contributed by atoms with Crippen LogP contribution < -0.4 is 10.2 Å². The molecule has 0 spiro atoms. The van der Waals surface area contributed by atoms with Crippen molar-refractivity contribution in [3.8, 4) is 0 Å². The minimum absolute atomic E-state index is 0.146. The molecule has 0 unspecified atom stereocenters. The molecule has 0 aromatic heterocycles. The summed E-state index contributed by atoms with van der Waals surface area (Å²) >= 11 is 0. The van der Waals surface area contributed by atoms with Crippen LogP contribution in [0.5, 0.6) is 0 Å². The average Bonchev–Trinajstić information content (AvgIpc) is 3.03. The Morgan fingerprint density at radius 2 is 1.96 bits per heavy atom. The van der Waals surface area contributed by atoms with E-state index in [1.54, 1.807) is 30.0 Å². The van der Waals surface area contributed by atoms with Gasteiger partial charge in [0.2, 0.25) is 11.8 Å². The molecule has 0 radical (unpaired) electrons. The van der Waals surface area contributed by atoms with Crippen LogP contribution in [0.1, 0.15) is 24.0 Å². The highest BCUT2D eigenvalue weighted by Crippen LogP contribution is 2.22. The molecule has 1 heterocycles.